The number of ether oxygens (including phenoxy) is 2. The fraction of sp³-hybridized carbons (Fsp3) is 0.800. The Labute approximate surface area is 268 Å². The van der Waals surface area contributed by atoms with Crippen LogP contribution in [0.3, 0.4) is 0 Å². The van der Waals surface area contributed by atoms with Crippen molar-refractivity contribution in [1.29, 1.82) is 0 Å². The molecule has 246 valence electrons. The van der Waals surface area contributed by atoms with Gasteiger partial charge in [-0.05, 0) is 142 Å². The molecular weight excluding hydrogens is 544 g/mol. The fourth-order valence-electron chi connectivity index (χ4n) is 11.2. The van der Waals surface area contributed by atoms with Crippen molar-refractivity contribution in [3.05, 3.63) is 35.9 Å². The highest BCUT2D eigenvalue weighted by Gasteiger charge is 2.48. The maximum Gasteiger partial charge on any atom is 0.311 e. The monoisotopic (exact) mass is 606 g/mol. The Morgan fingerprint density at radius 1 is 0.636 bits per heavy atom. The van der Waals surface area contributed by atoms with Crippen molar-refractivity contribution < 1.29 is 19.1 Å². The highest BCUT2D eigenvalue weighted by atomic mass is 16.5. The van der Waals surface area contributed by atoms with Gasteiger partial charge in [-0.1, -0.05) is 65.0 Å². The molecule has 1 aromatic carbocycles. The first-order valence-electron chi connectivity index (χ1n) is 18.3. The number of carbonyl (C=O) groups is 2. The van der Waals surface area contributed by atoms with E-state index in [9.17, 15) is 9.59 Å². The Morgan fingerprint density at radius 2 is 1.14 bits per heavy atom. The van der Waals surface area contributed by atoms with Gasteiger partial charge >= 0.3 is 5.97 Å². The molecule has 1 aromatic rings. The van der Waals surface area contributed by atoms with Crippen molar-refractivity contribution in [2.24, 2.45) is 76.9 Å². The summed E-state index contributed by atoms with van der Waals surface area (Å²) in [6, 6.07) is 10.3. The predicted molar refractivity (Wildman–Crippen MR) is 178 cm³/mol. The summed E-state index contributed by atoms with van der Waals surface area (Å²) in [6.07, 6.45) is 12.0. The summed E-state index contributed by atoms with van der Waals surface area (Å²) in [5.74, 6) is 8.68. The maximum atomic E-state index is 12.7. The van der Waals surface area contributed by atoms with Crippen LogP contribution in [-0.4, -0.2) is 25.0 Å². The van der Waals surface area contributed by atoms with E-state index < -0.39 is 0 Å². The highest BCUT2D eigenvalue weighted by molar-refractivity contribution is 5.78. The van der Waals surface area contributed by atoms with Crippen LogP contribution in [0.15, 0.2) is 30.3 Å². The third-order valence-corrected chi connectivity index (χ3v) is 13.6. The van der Waals surface area contributed by atoms with Crippen LogP contribution in [-0.2, 0) is 25.7 Å². The van der Waals surface area contributed by atoms with E-state index in [1.807, 2.05) is 6.07 Å². The van der Waals surface area contributed by atoms with Gasteiger partial charge < -0.3 is 9.47 Å². The first-order valence-corrected chi connectivity index (χ1v) is 18.3. The van der Waals surface area contributed by atoms with Gasteiger partial charge in [0.1, 0.15) is 5.78 Å². The Hall–Kier alpha value is -1.68. The van der Waals surface area contributed by atoms with Crippen LogP contribution < -0.4 is 0 Å². The van der Waals surface area contributed by atoms with Gasteiger partial charge in [0, 0.05) is 5.92 Å². The van der Waals surface area contributed by atoms with Crippen LogP contribution in [0.1, 0.15) is 111 Å². The fourth-order valence-corrected chi connectivity index (χ4v) is 11.2. The highest BCUT2D eigenvalue weighted by Crippen LogP contribution is 2.55. The van der Waals surface area contributed by atoms with Gasteiger partial charge in [0.15, 0.2) is 0 Å². The molecule has 4 nitrogen and oxygen atoms in total. The van der Waals surface area contributed by atoms with E-state index in [-0.39, 0.29) is 18.0 Å². The molecule has 14 unspecified atom stereocenters. The molecule has 4 heteroatoms. The summed E-state index contributed by atoms with van der Waals surface area (Å²) in [4.78, 5) is 24.9. The molecule has 0 bridgehead atoms. The molecule has 0 amide bonds. The molecule has 0 aliphatic heterocycles. The van der Waals surface area contributed by atoms with Crippen molar-refractivity contribution in [2.75, 3.05) is 7.11 Å². The second kappa shape index (κ2) is 14.8. The van der Waals surface area contributed by atoms with E-state index in [0.29, 0.717) is 42.0 Å². The van der Waals surface area contributed by atoms with Gasteiger partial charge in [-0.2, -0.15) is 0 Å². The number of esters is 1. The van der Waals surface area contributed by atoms with Crippen molar-refractivity contribution in [2.45, 2.75) is 118 Å². The lowest BCUT2D eigenvalue weighted by Gasteiger charge is -2.52. The number of rotatable bonds is 8. The minimum atomic E-state index is -0.151. The number of carbonyl (C=O) groups excluding carboxylic acids is 2. The first-order chi connectivity index (χ1) is 21.1. The lowest BCUT2D eigenvalue weighted by molar-refractivity contribution is -0.156. The summed E-state index contributed by atoms with van der Waals surface area (Å²) < 4.78 is 11.7. The van der Waals surface area contributed by atoms with Crippen molar-refractivity contribution in [3.8, 4) is 0 Å². The average molecular weight is 607 g/mol. The summed E-state index contributed by atoms with van der Waals surface area (Å²) in [6.45, 7) is 14.9. The van der Waals surface area contributed by atoms with Crippen LogP contribution >= 0.6 is 0 Å². The smallest absolute Gasteiger partial charge is 0.311 e. The summed E-state index contributed by atoms with van der Waals surface area (Å²) in [5, 5.41) is 0. The molecule has 4 aliphatic carbocycles. The molecule has 4 fully saturated rings. The molecule has 14 atom stereocenters. The molecule has 44 heavy (non-hydrogen) atoms. The van der Waals surface area contributed by atoms with Gasteiger partial charge in [-0.3, -0.25) is 9.59 Å². The van der Waals surface area contributed by atoms with Gasteiger partial charge in [-0.15, -0.1) is 0 Å². The molecule has 5 rings (SSSR count). The van der Waals surface area contributed by atoms with Gasteiger partial charge in [-0.25, -0.2) is 0 Å². The van der Waals surface area contributed by atoms with Crippen LogP contribution in [0.4, 0.5) is 0 Å². The summed E-state index contributed by atoms with van der Waals surface area (Å²) in [5.41, 5.74) is 1.16. The standard InChI is InChI=1S/C40H62O4/c1-24-17-31(13-15-33(24)29(6)41)35-18-27(4)37(20-25(35)2)38-21-26(3)36(19-28(38)5)32-14-16-34(40(42)43-7)39(22-32)44-23-30-11-9-8-10-12-30/h8-12,24-28,31-39H,13-23H2,1-7H3. The molecule has 0 N–H and O–H groups in total. The topological polar surface area (TPSA) is 52.6 Å². The third-order valence-electron chi connectivity index (χ3n) is 13.6. The second-order valence-electron chi connectivity index (χ2n) is 16.3. The predicted octanol–water partition coefficient (Wildman–Crippen LogP) is 9.40. The molecule has 0 heterocycles. The van der Waals surface area contributed by atoms with Gasteiger partial charge in [0.05, 0.1) is 25.7 Å². The molecule has 4 aliphatic rings. The van der Waals surface area contributed by atoms with Gasteiger partial charge in [0.25, 0.3) is 0 Å². The second-order valence-corrected chi connectivity index (χ2v) is 16.3. The maximum absolute atomic E-state index is 12.7. The number of hydrogen-bond donors (Lipinski definition) is 0. The Bertz CT molecular complexity index is 1080. The average Bonchev–Trinajstić information content (AvgIpc) is 3.01. The normalized spacial score (nSPS) is 43.2. The first kappa shape index (κ1) is 33.7. The van der Waals surface area contributed by atoms with E-state index >= 15 is 0 Å². The Morgan fingerprint density at radius 3 is 1.66 bits per heavy atom. The van der Waals surface area contributed by atoms with Crippen LogP contribution in [0.2, 0.25) is 0 Å². The lowest BCUT2D eigenvalue weighted by atomic mass is 9.53. The number of benzene rings is 1. The zero-order valence-electron chi connectivity index (χ0n) is 28.9. The van der Waals surface area contributed by atoms with E-state index in [1.165, 1.54) is 45.6 Å². The van der Waals surface area contributed by atoms with E-state index in [0.717, 1.165) is 72.7 Å². The zero-order chi connectivity index (χ0) is 31.5. The quantitative estimate of drug-likeness (QED) is 0.277. The van der Waals surface area contributed by atoms with Crippen molar-refractivity contribution in [1.82, 2.24) is 0 Å². The SMILES string of the molecule is COC(=O)C1CCC(C2CC(C)C(C3CC(C)C(C4CCC(C(C)=O)C(C)C4)CC3C)CC2C)CC1OCc1ccccc1. The summed E-state index contributed by atoms with van der Waals surface area (Å²) >= 11 is 0. The largest absolute Gasteiger partial charge is 0.469 e. The number of methoxy groups -OCH3 is 1. The third kappa shape index (κ3) is 7.48. The molecular formula is C40H62O4. The van der Waals surface area contributed by atoms with Crippen molar-refractivity contribution in [3.63, 3.8) is 0 Å². The number of hydrogen-bond acceptors (Lipinski definition) is 4. The van der Waals surface area contributed by atoms with E-state index in [2.05, 4.69) is 58.9 Å². The van der Waals surface area contributed by atoms with Gasteiger partial charge in [0.2, 0.25) is 0 Å². The zero-order valence-corrected chi connectivity index (χ0v) is 28.9. The Kier molecular flexibility index (Phi) is 11.3. The Balaban J connectivity index is 1.19. The van der Waals surface area contributed by atoms with E-state index in [4.69, 9.17) is 9.47 Å². The number of ketones is 1. The van der Waals surface area contributed by atoms with Crippen LogP contribution in [0, 0.1) is 76.9 Å². The molecule has 0 saturated heterocycles. The molecule has 0 spiro atoms. The molecule has 0 aromatic heterocycles. The van der Waals surface area contributed by atoms with Crippen LogP contribution in [0.5, 0.6) is 0 Å². The van der Waals surface area contributed by atoms with Crippen molar-refractivity contribution >= 4 is 11.8 Å². The lowest BCUT2D eigenvalue weighted by Crippen LogP contribution is -2.45. The van der Waals surface area contributed by atoms with E-state index in [1.54, 1.807) is 6.92 Å². The molecule has 0 radical (unpaired) electrons. The number of Topliss-reactive ketones (excluding diaryl/α,β-unsaturated/α-hetero) is 1. The molecule has 4 saturated carbocycles. The summed E-state index contributed by atoms with van der Waals surface area (Å²) in [7, 11) is 1.52. The minimum absolute atomic E-state index is 0.0639. The minimum Gasteiger partial charge on any atom is -0.469 e. The van der Waals surface area contributed by atoms with Crippen LogP contribution in [0.25, 0.3) is 0 Å².